The molecule has 0 unspecified atom stereocenters. The van der Waals surface area contributed by atoms with Crippen LogP contribution in [0.4, 0.5) is 4.39 Å². The summed E-state index contributed by atoms with van der Waals surface area (Å²) in [6, 6.07) is 11.6. The van der Waals surface area contributed by atoms with Crippen molar-refractivity contribution in [1.82, 2.24) is 14.9 Å². The third-order valence-corrected chi connectivity index (χ3v) is 3.46. The van der Waals surface area contributed by atoms with E-state index >= 15 is 0 Å². The maximum absolute atomic E-state index is 13.5. The van der Waals surface area contributed by atoms with Gasteiger partial charge in [-0.15, -0.1) is 0 Å². The Morgan fingerprint density at radius 2 is 2.00 bits per heavy atom. The molecule has 0 saturated heterocycles. The van der Waals surface area contributed by atoms with E-state index in [4.69, 9.17) is 11.6 Å². The second-order valence-corrected chi connectivity index (χ2v) is 4.85. The quantitative estimate of drug-likeness (QED) is 0.808. The first kappa shape index (κ1) is 13.6. The maximum Gasteiger partial charge on any atom is 0.273 e. The van der Waals surface area contributed by atoms with Crippen LogP contribution in [0.25, 0.3) is 5.52 Å². The highest BCUT2D eigenvalue weighted by atomic mass is 35.5. The number of hydrogen-bond donors (Lipinski definition) is 1. The number of carbonyl (C=O) groups is 1. The van der Waals surface area contributed by atoms with Crippen molar-refractivity contribution in [2.45, 2.75) is 6.54 Å². The Morgan fingerprint density at radius 1 is 1.24 bits per heavy atom. The van der Waals surface area contributed by atoms with Crippen molar-refractivity contribution < 1.29 is 9.18 Å². The van der Waals surface area contributed by atoms with Crippen LogP contribution in [0.2, 0.25) is 5.02 Å². The topological polar surface area (TPSA) is 46.4 Å². The number of fused-ring (bicyclic) bond motifs is 1. The molecule has 106 valence electrons. The van der Waals surface area contributed by atoms with E-state index in [2.05, 4.69) is 10.4 Å². The van der Waals surface area contributed by atoms with E-state index in [1.54, 1.807) is 36.5 Å². The van der Waals surface area contributed by atoms with Crippen molar-refractivity contribution in [2.75, 3.05) is 0 Å². The largest absolute Gasteiger partial charge is 0.346 e. The molecule has 4 nitrogen and oxygen atoms in total. The number of rotatable bonds is 3. The molecule has 1 aromatic carbocycles. The average molecular weight is 304 g/mol. The number of amides is 1. The van der Waals surface area contributed by atoms with Crippen molar-refractivity contribution in [3.8, 4) is 0 Å². The molecule has 3 aromatic rings. The zero-order valence-corrected chi connectivity index (χ0v) is 11.6. The van der Waals surface area contributed by atoms with E-state index in [9.17, 15) is 9.18 Å². The molecule has 0 aliphatic rings. The van der Waals surface area contributed by atoms with Crippen LogP contribution in [0.3, 0.4) is 0 Å². The van der Waals surface area contributed by atoms with E-state index in [-0.39, 0.29) is 23.1 Å². The molecule has 0 aliphatic heterocycles. The predicted octanol–water partition coefficient (Wildman–Crippen LogP) is 3.06. The second-order valence-electron chi connectivity index (χ2n) is 4.47. The molecule has 2 heterocycles. The molecule has 0 saturated carbocycles. The van der Waals surface area contributed by atoms with Crippen LogP contribution in [0, 0.1) is 5.82 Å². The zero-order chi connectivity index (χ0) is 14.8. The smallest absolute Gasteiger partial charge is 0.273 e. The predicted molar refractivity (Wildman–Crippen MR) is 77.8 cm³/mol. The Kier molecular flexibility index (Phi) is 3.58. The second kappa shape index (κ2) is 5.54. The molecule has 6 heteroatoms. The summed E-state index contributed by atoms with van der Waals surface area (Å²) in [7, 11) is 0. The Labute approximate surface area is 125 Å². The highest BCUT2D eigenvalue weighted by Gasteiger charge is 2.17. The number of hydrogen-bond acceptors (Lipinski definition) is 2. The van der Waals surface area contributed by atoms with Crippen LogP contribution in [-0.4, -0.2) is 15.5 Å². The summed E-state index contributed by atoms with van der Waals surface area (Å²) in [4.78, 5) is 12.1. The summed E-state index contributed by atoms with van der Waals surface area (Å²) in [5, 5.41) is 7.02. The molecule has 2 aromatic heterocycles. The Balaban J connectivity index is 1.81. The summed E-state index contributed by atoms with van der Waals surface area (Å²) in [6.07, 6.45) is 1.70. The van der Waals surface area contributed by atoms with E-state index in [0.717, 1.165) is 0 Å². The lowest BCUT2D eigenvalue weighted by Crippen LogP contribution is -2.24. The number of aromatic nitrogens is 2. The summed E-state index contributed by atoms with van der Waals surface area (Å²) in [6.45, 7) is 0.0791. The van der Waals surface area contributed by atoms with Gasteiger partial charge in [0.25, 0.3) is 5.91 Å². The molecule has 3 rings (SSSR count). The lowest BCUT2D eigenvalue weighted by atomic mass is 10.2. The van der Waals surface area contributed by atoms with Crippen LogP contribution in [0.15, 0.2) is 48.7 Å². The molecule has 1 N–H and O–H groups in total. The van der Waals surface area contributed by atoms with E-state index in [1.807, 2.05) is 6.07 Å². The van der Waals surface area contributed by atoms with E-state index in [0.29, 0.717) is 11.1 Å². The van der Waals surface area contributed by atoms with Gasteiger partial charge in [0, 0.05) is 18.3 Å². The van der Waals surface area contributed by atoms with Gasteiger partial charge in [-0.05, 0) is 18.2 Å². The fourth-order valence-electron chi connectivity index (χ4n) is 2.01. The van der Waals surface area contributed by atoms with Crippen LogP contribution < -0.4 is 5.32 Å². The number of carbonyl (C=O) groups excluding carboxylic acids is 1. The number of pyridine rings is 1. The van der Waals surface area contributed by atoms with Gasteiger partial charge in [0.2, 0.25) is 0 Å². The lowest BCUT2D eigenvalue weighted by Gasteiger charge is -2.04. The minimum absolute atomic E-state index is 0.0791. The lowest BCUT2D eigenvalue weighted by molar-refractivity contribution is 0.0945. The average Bonchev–Trinajstić information content (AvgIpc) is 2.84. The monoisotopic (exact) mass is 303 g/mol. The standard InChI is InChI=1S/C15H11ClFN3O/c16-13-12-7-3-4-8-20(12)19-14(13)15(21)18-9-10-5-1-2-6-11(10)17/h1-8H,9H2,(H,18,21). The Hall–Kier alpha value is -2.40. The van der Waals surface area contributed by atoms with Gasteiger partial charge in [-0.1, -0.05) is 35.9 Å². The first-order chi connectivity index (χ1) is 10.2. The van der Waals surface area contributed by atoms with Crippen LogP contribution in [-0.2, 0) is 6.54 Å². The number of nitrogens with one attached hydrogen (secondary N) is 1. The van der Waals surface area contributed by atoms with Crippen molar-refractivity contribution in [1.29, 1.82) is 0 Å². The van der Waals surface area contributed by atoms with E-state index in [1.165, 1.54) is 10.6 Å². The fraction of sp³-hybridized carbons (Fsp3) is 0.0667. The highest BCUT2D eigenvalue weighted by molar-refractivity contribution is 6.36. The zero-order valence-electron chi connectivity index (χ0n) is 10.9. The number of nitrogens with zero attached hydrogens (tertiary/aromatic N) is 2. The van der Waals surface area contributed by atoms with Gasteiger partial charge in [-0.3, -0.25) is 4.79 Å². The SMILES string of the molecule is O=C(NCc1ccccc1F)c1nn2ccccc2c1Cl. The number of benzene rings is 1. The normalized spacial score (nSPS) is 10.8. The van der Waals surface area contributed by atoms with Crippen molar-refractivity contribution in [3.05, 3.63) is 70.8 Å². The molecule has 0 spiro atoms. The minimum atomic E-state index is -0.438. The summed E-state index contributed by atoms with van der Waals surface area (Å²) in [5.41, 5.74) is 1.18. The fourth-order valence-corrected chi connectivity index (χ4v) is 2.29. The van der Waals surface area contributed by atoms with Gasteiger partial charge in [-0.25, -0.2) is 8.91 Å². The third kappa shape index (κ3) is 2.60. The molecule has 0 radical (unpaired) electrons. The van der Waals surface area contributed by atoms with Crippen LogP contribution in [0.1, 0.15) is 16.1 Å². The molecule has 0 bridgehead atoms. The first-order valence-electron chi connectivity index (χ1n) is 6.31. The van der Waals surface area contributed by atoms with Crippen LogP contribution in [0.5, 0.6) is 0 Å². The van der Waals surface area contributed by atoms with Gasteiger partial charge < -0.3 is 5.32 Å². The molecule has 0 atom stereocenters. The van der Waals surface area contributed by atoms with E-state index < -0.39 is 5.91 Å². The third-order valence-electron chi connectivity index (χ3n) is 3.09. The Bertz CT molecular complexity index is 816. The molecular weight excluding hydrogens is 293 g/mol. The first-order valence-corrected chi connectivity index (χ1v) is 6.69. The molecule has 21 heavy (non-hydrogen) atoms. The summed E-state index contributed by atoms with van der Waals surface area (Å²) < 4.78 is 15.0. The van der Waals surface area contributed by atoms with Gasteiger partial charge in [0.1, 0.15) is 5.82 Å². The number of halogens is 2. The van der Waals surface area contributed by atoms with Gasteiger partial charge in [0.15, 0.2) is 5.69 Å². The molecule has 1 amide bonds. The van der Waals surface area contributed by atoms with Crippen LogP contribution >= 0.6 is 11.6 Å². The highest BCUT2D eigenvalue weighted by Crippen LogP contribution is 2.21. The van der Waals surface area contributed by atoms with Gasteiger partial charge in [-0.2, -0.15) is 5.10 Å². The molecule has 0 fully saturated rings. The maximum atomic E-state index is 13.5. The Morgan fingerprint density at radius 3 is 2.76 bits per heavy atom. The van der Waals surface area contributed by atoms with Gasteiger partial charge in [0.05, 0.1) is 10.5 Å². The van der Waals surface area contributed by atoms with Crippen molar-refractivity contribution >= 4 is 23.0 Å². The molecular formula is C15H11ClFN3O. The molecule has 0 aliphatic carbocycles. The minimum Gasteiger partial charge on any atom is -0.346 e. The summed E-state index contributed by atoms with van der Waals surface area (Å²) >= 11 is 6.15. The van der Waals surface area contributed by atoms with Crippen molar-refractivity contribution in [3.63, 3.8) is 0 Å². The van der Waals surface area contributed by atoms with Gasteiger partial charge >= 0.3 is 0 Å². The van der Waals surface area contributed by atoms with Crippen molar-refractivity contribution in [2.24, 2.45) is 0 Å². The summed E-state index contributed by atoms with van der Waals surface area (Å²) in [5.74, 6) is -0.800.